The van der Waals surface area contributed by atoms with Gasteiger partial charge in [0.1, 0.15) is 6.04 Å². The number of benzene rings is 2. The molecule has 21 heavy (non-hydrogen) atoms. The molecule has 1 radical (unpaired) electrons. The number of nitrogens with zero attached hydrogens (tertiary/aromatic N) is 1. The monoisotopic (exact) mass is 280 g/mol. The first-order chi connectivity index (χ1) is 10.3. The second-order valence-corrected chi connectivity index (χ2v) is 4.84. The van der Waals surface area contributed by atoms with Crippen molar-refractivity contribution < 1.29 is 14.3 Å². The summed E-state index contributed by atoms with van der Waals surface area (Å²) in [5.74, 6) is 0. The fraction of sp³-hybridized carbons (Fsp3) is 0.176. The molecular weight excluding hydrogens is 266 g/mol. The molecule has 0 saturated carbocycles. The van der Waals surface area contributed by atoms with Crippen molar-refractivity contribution in [3.05, 3.63) is 71.8 Å². The zero-order valence-corrected chi connectivity index (χ0v) is 11.3. The fourth-order valence-electron chi connectivity index (χ4n) is 2.65. The predicted octanol–water partition coefficient (Wildman–Crippen LogP) is 3.03. The molecule has 1 fully saturated rings. The first-order valence-electron chi connectivity index (χ1n) is 6.73. The van der Waals surface area contributed by atoms with E-state index in [1.807, 2.05) is 60.7 Å². The topological polar surface area (TPSA) is 46.6 Å². The molecule has 0 N–H and O–H groups in total. The third kappa shape index (κ3) is 2.52. The van der Waals surface area contributed by atoms with Crippen molar-refractivity contribution in [2.45, 2.75) is 12.1 Å². The maximum Gasteiger partial charge on any atom is 0.411 e. The molecule has 4 heteroatoms. The van der Waals surface area contributed by atoms with E-state index in [0.717, 1.165) is 11.1 Å². The summed E-state index contributed by atoms with van der Waals surface area (Å²) in [6.45, 7) is -0.0955. The van der Waals surface area contributed by atoms with Gasteiger partial charge in [0.15, 0.2) is 6.10 Å². The summed E-state index contributed by atoms with van der Waals surface area (Å²) in [6.07, 6.45) is 0.880. The van der Waals surface area contributed by atoms with Gasteiger partial charge in [-0.05, 0) is 11.1 Å². The average Bonchev–Trinajstić information content (AvgIpc) is 2.86. The SMILES string of the molecule is O=[C]CN1C(=O)OC(c2ccccc2)C1c1ccccc1. The molecule has 1 aliphatic heterocycles. The van der Waals surface area contributed by atoms with Crippen LogP contribution in [0.4, 0.5) is 4.79 Å². The fourth-order valence-corrected chi connectivity index (χ4v) is 2.65. The van der Waals surface area contributed by atoms with Crippen LogP contribution in [0.1, 0.15) is 23.3 Å². The van der Waals surface area contributed by atoms with Crippen molar-refractivity contribution in [2.75, 3.05) is 6.54 Å². The normalized spacial score (nSPS) is 21.1. The highest BCUT2D eigenvalue weighted by molar-refractivity contribution is 5.75. The molecule has 4 nitrogen and oxygen atoms in total. The molecule has 3 rings (SSSR count). The van der Waals surface area contributed by atoms with Crippen LogP contribution >= 0.6 is 0 Å². The van der Waals surface area contributed by atoms with Crippen molar-refractivity contribution in [1.82, 2.24) is 4.90 Å². The highest BCUT2D eigenvalue weighted by atomic mass is 16.6. The molecule has 2 aromatic carbocycles. The molecule has 0 aromatic heterocycles. The van der Waals surface area contributed by atoms with E-state index in [9.17, 15) is 9.59 Å². The number of cyclic esters (lactones) is 1. The lowest BCUT2D eigenvalue weighted by molar-refractivity contribution is 0.130. The third-order valence-corrected chi connectivity index (χ3v) is 3.59. The minimum atomic E-state index is -0.485. The molecule has 0 bridgehead atoms. The lowest BCUT2D eigenvalue weighted by Crippen LogP contribution is -2.29. The minimum Gasteiger partial charge on any atom is -0.439 e. The lowest BCUT2D eigenvalue weighted by Gasteiger charge is -2.23. The zero-order chi connectivity index (χ0) is 14.7. The first kappa shape index (κ1) is 13.4. The van der Waals surface area contributed by atoms with Gasteiger partial charge in [0.05, 0.1) is 6.54 Å². The van der Waals surface area contributed by atoms with Gasteiger partial charge in [-0.1, -0.05) is 60.7 Å². The van der Waals surface area contributed by atoms with Crippen molar-refractivity contribution in [3.8, 4) is 0 Å². The van der Waals surface area contributed by atoms with Crippen molar-refractivity contribution in [2.24, 2.45) is 0 Å². The molecule has 2 atom stereocenters. The summed E-state index contributed by atoms with van der Waals surface area (Å²) in [4.78, 5) is 24.2. The summed E-state index contributed by atoms with van der Waals surface area (Å²) in [5, 5.41) is 0. The molecule has 0 spiro atoms. The predicted molar refractivity (Wildman–Crippen MR) is 77.2 cm³/mol. The maximum absolute atomic E-state index is 12.1. The molecule has 1 amide bonds. The van der Waals surface area contributed by atoms with Crippen LogP contribution < -0.4 is 0 Å². The second kappa shape index (κ2) is 5.79. The van der Waals surface area contributed by atoms with E-state index in [1.165, 1.54) is 4.90 Å². The zero-order valence-electron chi connectivity index (χ0n) is 11.3. The molecule has 2 aromatic rings. The standard InChI is InChI=1S/C17H14NO3/c19-12-11-18-15(13-7-3-1-4-8-13)16(21-17(18)20)14-9-5-2-6-10-14/h1-10,15-16H,11H2. The van der Waals surface area contributed by atoms with Gasteiger partial charge in [-0.25, -0.2) is 4.79 Å². The number of rotatable bonds is 4. The Morgan fingerprint density at radius 3 is 2.10 bits per heavy atom. The lowest BCUT2D eigenvalue weighted by atomic mass is 9.95. The quantitative estimate of drug-likeness (QED) is 0.864. The van der Waals surface area contributed by atoms with Crippen molar-refractivity contribution >= 4 is 12.4 Å². The molecule has 1 saturated heterocycles. The Hall–Kier alpha value is -2.62. The number of hydrogen-bond acceptors (Lipinski definition) is 3. The average molecular weight is 280 g/mol. The third-order valence-electron chi connectivity index (χ3n) is 3.59. The van der Waals surface area contributed by atoms with Crippen molar-refractivity contribution in [3.63, 3.8) is 0 Å². The Morgan fingerprint density at radius 2 is 1.52 bits per heavy atom. The van der Waals surface area contributed by atoms with E-state index < -0.39 is 12.2 Å². The van der Waals surface area contributed by atoms with E-state index in [4.69, 9.17) is 4.74 Å². The number of amides is 1. The number of carbonyl (C=O) groups is 1. The van der Waals surface area contributed by atoms with E-state index in [-0.39, 0.29) is 12.6 Å². The van der Waals surface area contributed by atoms with Crippen LogP contribution in [0.25, 0.3) is 0 Å². The Labute approximate surface area is 123 Å². The van der Waals surface area contributed by atoms with Gasteiger partial charge >= 0.3 is 6.09 Å². The summed E-state index contributed by atoms with van der Waals surface area (Å²) >= 11 is 0. The van der Waals surface area contributed by atoms with Gasteiger partial charge < -0.3 is 4.74 Å². The molecular formula is C17H14NO3. The van der Waals surface area contributed by atoms with Gasteiger partial charge in [-0.2, -0.15) is 0 Å². The maximum atomic E-state index is 12.1. The van der Waals surface area contributed by atoms with Crippen LogP contribution in [0.2, 0.25) is 0 Å². The van der Waals surface area contributed by atoms with Gasteiger partial charge in [0.25, 0.3) is 0 Å². The summed E-state index contributed by atoms with van der Waals surface area (Å²) in [6, 6.07) is 18.8. The van der Waals surface area contributed by atoms with Crippen molar-refractivity contribution in [1.29, 1.82) is 0 Å². The molecule has 1 aliphatic rings. The van der Waals surface area contributed by atoms with E-state index in [0.29, 0.717) is 0 Å². The van der Waals surface area contributed by atoms with Gasteiger partial charge in [-0.3, -0.25) is 9.69 Å². The van der Waals surface area contributed by atoms with Crippen LogP contribution in [0, 0.1) is 0 Å². The Morgan fingerprint density at radius 1 is 0.952 bits per heavy atom. The smallest absolute Gasteiger partial charge is 0.411 e. The van der Waals surface area contributed by atoms with Crippen LogP contribution in [0.5, 0.6) is 0 Å². The Bertz CT molecular complexity index is 627. The second-order valence-electron chi connectivity index (χ2n) is 4.84. The van der Waals surface area contributed by atoms with Crippen LogP contribution in [-0.2, 0) is 9.53 Å². The largest absolute Gasteiger partial charge is 0.439 e. The number of carbonyl (C=O) groups excluding carboxylic acids is 2. The number of hydrogen-bond donors (Lipinski definition) is 0. The highest BCUT2D eigenvalue weighted by Crippen LogP contribution is 2.42. The van der Waals surface area contributed by atoms with E-state index in [1.54, 1.807) is 6.29 Å². The highest BCUT2D eigenvalue weighted by Gasteiger charge is 2.43. The summed E-state index contributed by atoms with van der Waals surface area (Å²) in [5.41, 5.74) is 1.85. The minimum absolute atomic E-state index is 0.0955. The Balaban J connectivity index is 2.03. The number of ether oxygens (including phenoxy) is 1. The Kier molecular flexibility index (Phi) is 3.69. The van der Waals surface area contributed by atoms with Crippen LogP contribution in [-0.4, -0.2) is 23.8 Å². The van der Waals surface area contributed by atoms with Gasteiger partial charge in [-0.15, -0.1) is 0 Å². The van der Waals surface area contributed by atoms with Crippen LogP contribution in [0.15, 0.2) is 60.7 Å². The van der Waals surface area contributed by atoms with Gasteiger partial charge in [0.2, 0.25) is 6.29 Å². The molecule has 1 heterocycles. The summed E-state index contributed by atoms with van der Waals surface area (Å²) in [7, 11) is 0. The first-order valence-corrected chi connectivity index (χ1v) is 6.73. The van der Waals surface area contributed by atoms with Gasteiger partial charge in [0, 0.05) is 0 Å². The summed E-state index contributed by atoms with van der Waals surface area (Å²) < 4.78 is 5.49. The van der Waals surface area contributed by atoms with E-state index in [2.05, 4.69) is 0 Å². The molecule has 105 valence electrons. The molecule has 2 unspecified atom stereocenters. The van der Waals surface area contributed by atoms with Crippen LogP contribution in [0.3, 0.4) is 0 Å². The van der Waals surface area contributed by atoms with E-state index >= 15 is 0 Å². The molecule has 0 aliphatic carbocycles.